The number of hydrogen-bond donors (Lipinski definition) is 3. The van der Waals surface area contributed by atoms with E-state index in [4.69, 9.17) is 15.7 Å². The Labute approximate surface area is 158 Å². The predicted molar refractivity (Wildman–Crippen MR) is 110 cm³/mol. The lowest BCUT2D eigenvalue weighted by molar-refractivity contribution is 0.799. The number of H-pyrrole nitrogens is 1. The van der Waals surface area contributed by atoms with Gasteiger partial charge in [0.2, 0.25) is 0 Å². The molecule has 0 saturated carbocycles. The summed E-state index contributed by atoms with van der Waals surface area (Å²) in [6.45, 7) is 7.38. The van der Waals surface area contributed by atoms with Crippen LogP contribution >= 0.6 is 0 Å². The third-order valence-corrected chi connectivity index (χ3v) is 4.91. The number of nitrogens with one attached hydrogen (secondary N) is 2. The minimum Gasteiger partial charge on any atom is -0.337 e. The molecule has 4 rings (SSSR count). The highest BCUT2D eigenvalue weighted by Gasteiger charge is 2.21. The van der Waals surface area contributed by atoms with Gasteiger partial charge in [0.25, 0.3) is 0 Å². The maximum Gasteiger partial charge on any atom is 0.159 e. The van der Waals surface area contributed by atoms with E-state index in [2.05, 4.69) is 48.5 Å². The van der Waals surface area contributed by atoms with Crippen LogP contribution in [0.25, 0.3) is 33.8 Å². The molecule has 2 aromatic carbocycles. The van der Waals surface area contributed by atoms with E-state index in [1.807, 2.05) is 29.8 Å². The number of imidazole rings is 2. The molecule has 0 bridgehead atoms. The fourth-order valence-electron chi connectivity index (χ4n) is 3.34. The Morgan fingerprint density at radius 1 is 1.04 bits per heavy atom. The lowest BCUT2D eigenvalue weighted by Gasteiger charge is -2.11. The summed E-state index contributed by atoms with van der Waals surface area (Å²) in [5.41, 5.74) is 16.4. The van der Waals surface area contributed by atoms with Crippen LogP contribution in [0.15, 0.2) is 42.5 Å². The molecule has 0 aliphatic carbocycles. The van der Waals surface area contributed by atoms with Gasteiger partial charge in [0.05, 0.1) is 11.0 Å². The number of aromatic nitrogens is 4. The molecule has 4 N–H and O–H groups in total. The summed E-state index contributed by atoms with van der Waals surface area (Å²) in [5, 5.41) is 0. The molecule has 0 aliphatic rings. The minimum absolute atomic E-state index is 0.538. The van der Waals surface area contributed by atoms with Crippen LogP contribution in [0.5, 0.6) is 0 Å². The van der Waals surface area contributed by atoms with Crippen molar-refractivity contribution in [3.8, 4) is 22.8 Å². The van der Waals surface area contributed by atoms with Crippen LogP contribution in [-0.2, 0) is 0 Å². The molecule has 0 saturated heterocycles. The van der Waals surface area contributed by atoms with Crippen molar-refractivity contribution in [3.05, 3.63) is 59.4 Å². The monoisotopic (exact) mass is 360 g/mol. The quantitative estimate of drug-likeness (QED) is 0.508. The van der Waals surface area contributed by atoms with Gasteiger partial charge >= 0.3 is 0 Å². The molecule has 4 aromatic rings. The van der Waals surface area contributed by atoms with Crippen molar-refractivity contribution in [2.24, 2.45) is 5.73 Å². The summed E-state index contributed by atoms with van der Waals surface area (Å²) >= 11 is 0. The molecule has 0 spiro atoms. The molecule has 27 heavy (non-hydrogen) atoms. The Balaban J connectivity index is 1.96. The Kier molecular flexibility index (Phi) is 4.41. The van der Waals surface area contributed by atoms with Gasteiger partial charge in [-0.3, -0.25) is 0 Å². The zero-order valence-corrected chi connectivity index (χ0v) is 15.9. The van der Waals surface area contributed by atoms with Crippen molar-refractivity contribution in [2.45, 2.75) is 20.8 Å². The average Bonchev–Trinajstić information content (AvgIpc) is 3.25. The van der Waals surface area contributed by atoms with Crippen LogP contribution in [0.2, 0.25) is 0 Å². The number of aromatic amines is 1. The van der Waals surface area contributed by atoms with Gasteiger partial charge in [-0.1, -0.05) is 36.4 Å². The average molecular weight is 360 g/mol. The predicted octanol–water partition coefficient (Wildman–Crippen LogP) is 3.52. The molecule has 138 valence electrons. The van der Waals surface area contributed by atoms with Gasteiger partial charge in [-0.15, -0.1) is 0 Å². The second-order valence-electron chi connectivity index (χ2n) is 6.74. The summed E-state index contributed by atoms with van der Waals surface area (Å²) in [6.07, 6.45) is 0. The van der Waals surface area contributed by atoms with Crippen molar-refractivity contribution in [3.63, 3.8) is 0 Å². The lowest BCUT2D eigenvalue weighted by atomic mass is 10.1. The molecule has 2 aromatic heterocycles. The highest BCUT2D eigenvalue weighted by molar-refractivity contribution is 5.85. The molecule has 6 heteroatoms. The number of nitrogens with two attached hydrogens (primary N) is 1. The summed E-state index contributed by atoms with van der Waals surface area (Å²) in [6, 6.07) is 14.4. The van der Waals surface area contributed by atoms with Gasteiger partial charge in [0, 0.05) is 18.7 Å². The lowest BCUT2D eigenvalue weighted by Crippen LogP contribution is -2.24. The van der Waals surface area contributed by atoms with E-state index in [1.54, 1.807) is 0 Å². The summed E-state index contributed by atoms with van der Waals surface area (Å²) < 4.78 is 1.98. The first kappa shape index (κ1) is 17.3. The smallest absolute Gasteiger partial charge is 0.159 e. The van der Waals surface area contributed by atoms with Crippen molar-refractivity contribution in [1.29, 1.82) is 0 Å². The number of hydrogen-bond acceptors (Lipinski definition) is 4. The van der Waals surface area contributed by atoms with Crippen molar-refractivity contribution >= 4 is 11.0 Å². The highest BCUT2D eigenvalue weighted by atomic mass is 15.4. The summed E-state index contributed by atoms with van der Waals surface area (Å²) in [4.78, 5) is 13.2. The third kappa shape index (κ3) is 2.98. The normalized spacial score (nSPS) is 11.3. The van der Waals surface area contributed by atoms with Gasteiger partial charge in [-0.2, -0.15) is 0 Å². The zero-order valence-electron chi connectivity index (χ0n) is 15.9. The van der Waals surface area contributed by atoms with Crippen LogP contribution < -0.4 is 11.2 Å². The Hall–Kier alpha value is -3.12. The molecule has 2 heterocycles. The minimum atomic E-state index is 0.538. The van der Waals surface area contributed by atoms with E-state index in [-0.39, 0.29) is 0 Å². The SMILES string of the molecule is Cc1ccc2[nH]c(-c3c(-c4ccccc4)nc(C)n3NCCN)nc2c1C. The number of fused-ring (bicyclic) bond motifs is 1. The second kappa shape index (κ2) is 6.89. The Bertz CT molecular complexity index is 1090. The number of nitrogens with zero attached hydrogens (tertiary/aromatic N) is 3. The highest BCUT2D eigenvalue weighted by Crippen LogP contribution is 2.32. The summed E-state index contributed by atoms with van der Waals surface area (Å²) in [5.74, 6) is 1.66. The Morgan fingerprint density at radius 3 is 2.56 bits per heavy atom. The van der Waals surface area contributed by atoms with Crippen LogP contribution in [0, 0.1) is 20.8 Å². The van der Waals surface area contributed by atoms with Crippen molar-refractivity contribution in [2.75, 3.05) is 18.5 Å². The molecular formula is C21H24N6. The first-order valence-corrected chi connectivity index (χ1v) is 9.15. The molecule has 0 amide bonds. The van der Waals surface area contributed by atoms with E-state index in [0.29, 0.717) is 13.1 Å². The Morgan fingerprint density at radius 2 is 1.81 bits per heavy atom. The maximum atomic E-state index is 5.71. The zero-order chi connectivity index (χ0) is 19.0. The number of aryl methyl sites for hydroxylation is 3. The van der Waals surface area contributed by atoms with E-state index < -0.39 is 0 Å². The van der Waals surface area contributed by atoms with E-state index in [0.717, 1.165) is 39.6 Å². The first-order chi connectivity index (χ1) is 13.1. The first-order valence-electron chi connectivity index (χ1n) is 9.15. The fraction of sp³-hybridized carbons (Fsp3) is 0.238. The maximum absolute atomic E-state index is 5.71. The molecule has 0 radical (unpaired) electrons. The standard InChI is InChI=1S/C21H24N6/c1-13-9-10-17-18(14(13)2)26-21(25-17)20-19(16-7-5-4-6-8-16)24-15(3)27(20)23-12-11-22/h4-10,23H,11-12,22H2,1-3H3,(H,25,26). The van der Waals surface area contributed by atoms with Gasteiger partial charge in [0.15, 0.2) is 5.82 Å². The number of benzene rings is 2. The third-order valence-electron chi connectivity index (χ3n) is 4.91. The van der Waals surface area contributed by atoms with Gasteiger partial charge in [0.1, 0.15) is 17.2 Å². The molecule has 0 unspecified atom stereocenters. The van der Waals surface area contributed by atoms with Crippen LogP contribution in [0.4, 0.5) is 0 Å². The van der Waals surface area contributed by atoms with E-state index in [9.17, 15) is 0 Å². The molecule has 0 aliphatic heterocycles. The van der Waals surface area contributed by atoms with Gasteiger partial charge in [-0.05, 0) is 38.0 Å². The molecule has 6 nitrogen and oxygen atoms in total. The second-order valence-corrected chi connectivity index (χ2v) is 6.74. The summed E-state index contributed by atoms with van der Waals surface area (Å²) in [7, 11) is 0. The van der Waals surface area contributed by atoms with Crippen LogP contribution in [-0.4, -0.2) is 32.7 Å². The molecule has 0 atom stereocenters. The van der Waals surface area contributed by atoms with Gasteiger partial charge in [-0.25, -0.2) is 14.6 Å². The molecule has 0 fully saturated rings. The molecular weight excluding hydrogens is 336 g/mol. The fourth-order valence-corrected chi connectivity index (χ4v) is 3.34. The van der Waals surface area contributed by atoms with Gasteiger partial charge < -0.3 is 16.1 Å². The van der Waals surface area contributed by atoms with Crippen LogP contribution in [0.3, 0.4) is 0 Å². The van der Waals surface area contributed by atoms with E-state index >= 15 is 0 Å². The number of rotatable bonds is 5. The van der Waals surface area contributed by atoms with Crippen LogP contribution in [0.1, 0.15) is 17.0 Å². The van der Waals surface area contributed by atoms with Crippen molar-refractivity contribution < 1.29 is 0 Å². The largest absolute Gasteiger partial charge is 0.337 e. The topological polar surface area (TPSA) is 84.5 Å². The van der Waals surface area contributed by atoms with Crippen molar-refractivity contribution in [1.82, 2.24) is 19.6 Å². The van der Waals surface area contributed by atoms with E-state index in [1.165, 1.54) is 11.1 Å².